The Labute approximate surface area is 150 Å². The van der Waals surface area contributed by atoms with E-state index in [0.29, 0.717) is 12.3 Å². The summed E-state index contributed by atoms with van der Waals surface area (Å²) in [5, 5.41) is 2.75. The summed E-state index contributed by atoms with van der Waals surface area (Å²) in [7, 11) is 1.35. The molecule has 2 rings (SSSR count). The third kappa shape index (κ3) is 4.53. The number of ether oxygens (including phenoxy) is 2. The van der Waals surface area contributed by atoms with E-state index in [1.807, 2.05) is 25.1 Å². The zero-order chi connectivity index (χ0) is 18.4. The first-order valence-electron chi connectivity index (χ1n) is 8.68. The van der Waals surface area contributed by atoms with E-state index in [-0.39, 0.29) is 0 Å². The van der Waals surface area contributed by atoms with Gasteiger partial charge in [-0.2, -0.15) is 0 Å². The van der Waals surface area contributed by atoms with Gasteiger partial charge in [0, 0.05) is 5.56 Å². The highest BCUT2D eigenvalue weighted by atomic mass is 16.5. The van der Waals surface area contributed by atoms with Crippen LogP contribution in [0.5, 0.6) is 5.75 Å². The molecule has 1 N–H and O–H groups in total. The van der Waals surface area contributed by atoms with Crippen LogP contribution in [-0.2, 0) is 24.2 Å². The van der Waals surface area contributed by atoms with Gasteiger partial charge in [-0.15, -0.1) is 0 Å². The highest BCUT2D eigenvalue weighted by Gasteiger charge is 2.12. The van der Waals surface area contributed by atoms with E-state index in [9.17, 15) is 4.79 Å². The molecule has 0 fully saturated rings. The molecule has 2 aromatic carbocycles. The number of hydrogen-bond acceptors (Lipinski definition) is 3. The SMILES string of the molecule is CCc1cc(CC)c(OCc2c(C)cccc2NC(=O)OC)cc1C. The van der Waals surface area contributed by atoms with Gasteiger partial charge in [0.2, 0.25) is 0 Å². The number of rotatable bonds is 6. The van der Waals surface area contributed by atoms with Crippen molar-refractivity contribution in [1.29, 1.82) is 0 Å². The summed E-state index contributed by atoms with van der Waals surface area (Å²) in [4.78, 5) is 11.6. The van der Waals surface area contributed by atoms with Crippen LogP contribution >= 0.6 is 0 Å². The van der Waals surface area contributed by atoms with Crippen LogP contribution in [0.2, 0.25) is 0 Å². The maximum absolute atomic E-state index is 11.6. The van der Waals surface area contributed by atoms with E-state index in [0.717, 1.165) is 29.7 Å². The van der Waals surface area contributed by atoms with Crippen molar-refractivity contribution in [2.24, 2.45) is 0 Å². The van der Waals surface area contributed by atoms with E-state index in [1.165, 1.54) is 23.8 Å². The van der Waals surface area contributed by atoms with Crippen molar-refractivity contribution in [1.82, 2.24) is 0 Å². The van der Waals surface area contributed by atoms with E-state index < -0.39 is 6.09 Å². The summed E-state index contributed by atoms with van der Waals surface area (Å²) in [5.41, 5.74) is 6.53. The van der Waals surface area contributed by atoms with Gasteiger partial charge in [-0.05, 0) is 61.1 Å². The summed E-state index contributed by atoms with van der Waals surface area (Å²) in [6, 6.07) is 10.1. The lowest BCUT2D eigenvalue weighted by Gasteiger charge is -2.17. The molecule has 0 bridgehead atoms. The van der Waals surface area contributed by atoms with Crippen LogP contribution in [0.15, 0.2) is 30.3 Å². The summed E-state index contributed by atoms with van der Waals surface area (Å²) in [5.74, 6) is 0.907. The molecule has 0 saturated heterocycles. The Morgan fingerprint density at radius 1 is 1.04 bits per heavy atom. The van der Waals surface area contributed by atoms with Crippen LogP contribution in [0.1, 0.15) is 41.7 Å². The first kappa shape index (κ1) is 18.8. The number of anilines is 1. The Balaban J connectivity index is 2.27. The van der Waals surface area contributed by atoms with Gasteiger partial charge in [0.25, 0.3) is 0 Å². The average molecular weight is 341 g/mol. The molecule has 0 unspecified atom stereocenters. The molecule has 0 aliphatic carbocycles. The van der Waals surface area contributed by atoms with Gasteiger partial charge in [-0.3, -0.25) is 5.32 Å². The Morgan fingerprint density at radius 2 is 1.76 bits per heavy atom. The standard InChI is InChI=1S/C21H27NO3/c1-6-16-12-17(7-2)20(11-15(16)4)25-13-18-14(3)9-8-10-19(18)22-21(23)24-5/h8-12H,6-7,13H2,1-5H3,(H,22,23). The molecule has 0 aliphatic rings. The molecule has 0 atom stereocenters. The average Bonchev–Trinajstić information content (AvgIpc) is 2.61. The smallest absolute Gasteiger partial charge is 0.411 e. The number of aryl methyl sites for hydroxylation is 4. The lowest BCUT2D eigenvalue weighted by molar-refractivity contribution is 0.187. The van der Waals surface area contributed by atoms with Crippen LogP contribution in [0.25, 0.3) is 0 Å². The van der Waals surface area contributed by atoms with Crippen LogP contribution in [0.3, 0.4) is 0 Å². The maximum Gasteiger partial charge on any atom is 0.411 e. The zero-order valence-corrected chi connectivity index (χ0v) is 15.7. The molecule has 0 heterocycles. The third-order valence-corrected chi connectivity index (χ3v) is 4.49. The summed E-state index contributed by atoms with van der Waals surface area (Å²) >= 11 is 0. The van der Waals surface area contributed by atoms with Crippen molar-refractivity contribution in [3.05, 3.63) is 58.1 Å². The number of carbonyl (C=O) groups excluding carboxylic acids is 1. The Hall–Kier alpha value is -2.49. The molecule has 1 amide bonds. The van der Waals surface area contributed by atoms with Gasteiger partial charge in [0.1, 0.15) is 12.4 Å². The molecule has 134 valence electrons. The molecule has 0 saturated carbocycles. The minimum atomic E-state index is -0.482. The second-order valence-corrected chi connectivity index (χ2v) is 6.10. The summed E-state index contributed by atoms with van der Waals surface area (Å²) in [6.07, 6.45) is 1.46. The first-order chi connectivity index (χ1) is 12.0. The van der Waals surface area contributed by atoms with Gasteiger partial charge in [0.05, 0.1) is 12.8 Å². The van der Waals surface area contributed by atoms with Crippen LogP contribution in [-0.4, -0.2) is 13.2 Å². The number of amides is 1. The summed E-state index contributed by atoms with van der Waals surface area (Å²) < 4.78 is 10.8. The second-order valence-electron chi connectivity index (χ2n) is 6.10. The van der Waals surface area contributed by atoms with Crippen molar-refractivity contribution in [2.75, 3.05) is 12.4 Å². The Morgan fingerprint density at radius 3 is 2.40 bits per heavy atom. The number of nitrogens with one attached hydrogen (secondary N) is 1. The zero-order valence-electron chi connectivity index (χ0n) is 15.7. The van der Waals surface area contributed by atoms with Crippen molar-refractivity contribution in [3.8, 4) is 5.75 Å². The van der Waals surface area contributed by atoms with Crippen LogP contribution < -0.4 is 10.1 Å². The molecule has 2 aromatic rings. The highest BCUT2D eigenvalue weighted by molar-refractivity contribution is 5.85. The number of benzene rings is 2. The summed E-state index contributed by atoms with van der Waals surface area (Å²) in [6.45, 7) is 8.82. The van der Waals surface area contributed by atoms with Crippen molar-refractivity contribution in [3.63, 3.8) is 0 Å². The molecule has 0 spiro atoms. The predicted octanol–water partition coefficient (Wildman–Crippen LogP) is 5.19. The van der Waals surface area contributed by atoms with E-state index in [2.05, 4.69) is 38.2 Å². The number of methoxy groups -OCH3 is 1. The molecule has 4 heteroatoms. The fourth-order valence-electron chi connectivity index (χ4n) is 2.89. The molecule has 0 aliphatic heterocycles. The van der Waals surface area contributed by atoms with Gasteiger partial charge < -0.3 is 9.47 Å². The minimum Gasteiger partial charge on any atom is -0.489 e. The normalized spacial score (nSPS) is 10.4. The lowest BCUT2D eigenvalue weighted by atomic mass is 10.0. The molecule has 0 aromatic heterocycles. The molecule has 25 heavy (non-hydrogen) atoms. The largest absolute Gasteiger partial charge is 0.489 e. The number of carbonyl (C=O) groups is 1. The van der Waals surface area contributed by atoms with Gasteiger partial charge in [0.15, 0.2) is 0 Å². The number of hydrogen-bond donors (Lipinski definition) is 1. The monoisotopic (exact) mass is 341 g/mol. The Kier molecular flexibility index (Phi) is 6.45. The van der Waals surface area contributed by atoms with E-state index >= 15 is 0 Å². The van der Waals surface area contributed by atoms with Crippen LogP contribution in [0.4, 0.5) is 10.5 Å². The lowest BCUT2D eigenvalue weighted by Crippen LogP contribution is -2.14. The van der Waals surface area contributed by atoms with E-state index in [1.54, 1.807) is 0 Å². The van der Waals surface area contributed by atoms with E-state index in [4.69, 9.17) is 9.47 Å². The Bertz CT molecular complexity index is 753. The minimum absolute atomic E-state index is 0.393. The second kappa shape index (κ2) is 8.56. The third-order valence-electron chi connectivity index (χ3n) is 4.49. The van der Waals surface area contributed by atoms with Gasteiger partial charge >= 0.3 is 6.09 Å². The van der Waals surface area contributed by atoms with Crippen molar-refractivity contribution in [2.45, 2.75) is 47.1 Å². The highest BCUT2D eigenvalue weighted by Crippen LogP contribution is 2.27. The fraction of sp³-hybridized carbons (Fsp3) is 0.381. The quantitative estimate of drug-likeness (QED) is 0.787. The maximum atomic E-state index is 11.6. The predicted molar refractivity (Wildman–Crippen MR) is 101 cm³/mol. The molecular weight excluding hydrogens is 314 g/mol. The fourth-order valence-corrected chi connectivity index (χ4v) is 2.89. The van der Waals surface area contributed by atoms with Crippen LogP contribution in [0, 0.1) is 13.8 Å². The molecular formula is C21H27NO3. The topological polar surface area (TPSA) is 47.6 Å². The van der Waals surface area contributed by atoms with Crippen molar-refractivity contribution >= 4 is 11.8 Å². The van der Waals surface area contributed by atoms with Gasteiger partial charge in [-0.25, -0.2) is 4.79 Å². The molecule has 4 nitrogen and oxygen atoms in total. The van der Waals surface area contributed by atoms with Gasteiger partial charge in [-0.1, -0.05) is 32.0 Å². The van der Waals surface area contributed by atoms with Crippen molar-refractivity contribution < 1.29 is 14.3 Å². The first-order valence-corrected chi connectivity index (χ1v) is 8.68. The molecule has 0 radical (unpaired) electrons.